The molecule has 0 heterocycles. The van der Waals surface area contributed by atoms with Crippen molar-refractivity contribution < 1.29 is 22.3 Å². The molecule has 0 aliphatic rings. The Hall–Kier alpha value is -1.98. The van der Waals surface area contributed by atoms with Crippen molar-refractivity contribution in [2.45, 2.75) is 18.2 Å². The van der Waals surface area contributed by atoms with Gasteiger partial charge in [0.15, 0.2) is 0 Å². The number of esters is 1. The Morgan fingerprint density at radius 3 is 2.67 bits per heavy atom. The first-order chi connectivity index (χ1) is 9.88. The first-order valence-electron chi connectivity index (χ1n) is 6.13. The van der Waals surface area contributed by atoms with Crippen LogP contribution in [0.1, 0.15) is 23.7 Å². The zero-order valence-corrected chi connectivity index (χ0v) is 12.5. The van der Waals surface area contributed by atoms with Crippen LogP contribution in [0.4, 0.5) is 4.39 Å². The molecule has 0 fully saturated rings. The van der Waals surface area contributed by atoms with Crippen LogP contribution in [0.5, 0.6) is 0 Å². The second-order valence-electron chi connectivity index (χ2n) is 4.04. The molecular weight excluding hydrogens is 299 g/mol. The molecule has 0 amide bonds. The lowest BCUT2D eigenvalue weighted by atomic mass is 10.2. The van der Waals surface area contributed by atoms with Crippen molar-refractivity contribution >= 4 is 16.0 Å². The molecule has 0 spiro atoms. The topological polar surface area (TPSA) is 87.5 Å². The van der Waals surface area contributed by atoms with Crippen LogP contribution in [0, 0.1) is 17.1 Å². The molecule has 0 saturated carbocycles. The molecule has 0 atom stereocenters. The fourth-order valence-electron chi connectivity index (χ4n) is 1.71. The van der Waals surface area contributed by atoms with Gasteiger partial charge in [-0.15, -0.1) is 0 Å². The first kappa shape index (κ1) is 17.1. The number of rotatable bonds is 6. The van der Waals surface area contributed by atoms with Crippen molar-refractivity contribution in [1.82, 2.24) is 4.31 Å². The van der Waals surface area contributed by atoms with Crippen LogP contribution in [-0.4, -0.2) is 38.9 Å². The maximum Gasteiger partial charge on any atom is 0.337 e. The van der Waals surface area contributed by atoms with Gasteiger partial charge in [0.2, 0.25) is 10.0 Å². The SMILES string of the molecule is CCN(CCC#N)S(=O)(=O)c1cc(C(=O)OC)ccc1F. The van der Waals surface area contributed by atoms with Crippen molar-refractivity contribution in [1.29, 1.82) is 5.26 Å². The number of sulfonamides is 1. The second kappa shape index (κ2) is 7.15. The Morgan fingerprint density at radius 2 is 2.14 bits per heavy atom. The minimum Gasteiger partial charge on any atom is -0.465 e. The summed E-state index contributed by atoms with van der Waals surface area (Å²) in [5.41, 5.74) is -0.0613. The van der Waals surface area contributed by atoms with E-state index in [0.717, 1.165) is 29.6 Å². The molecule has 6 nitrogen and oxygen atoms in total. The van der Waals surface area contributed by atoms with Crippen molar-refractivity contribution in [2.24, 2.45) is 0 Å². The summed E-state index contributed by atoms with van der Waals surface area (Å²) < 4.78 is 44.0. The van der Waals surface area contributed by atoms with Crippen LogP contribution in [-0.2, 0) is 14.8 Å². The van der Waals surface area contributed by atoms with E-state index in [1.165, 1.54) is 0 Å². The van der Waals surface area contributed by atoms with E-state index in [-0.39, 0.29) is 25.1 Å². The number of carbonyl (C=O) groups excluding carboxylic acids is 1. The van der Waals surface area contributed by atoms with Gasteiger partial charge in [-0.3, -0.25) is 0 Å². The van der Waals surface area contributed by atoms with E-state index >= 15 is 0 Å². The van der Waals surface area contributed by atoms with E-state index in [0.29, 0.717) is 0 Å². The van der Waals surface area contributed by atoms with Crippen molar-refractivity contribution in [2.75, 3.05) is 20.2 Å². The molecule has 0 unspecified atom stereocenters. The summed E-state index contributed by atoms with van der Waals surface area (Å²) in [5, 5.41) is 8.54. The fraction of sp³-hybridized carbons (Fsp3) is 0.385. The lowest BCUT2D eigenvalue weighted by Crippen LogP contribution is -2.32. The summed E-state index contributed by atoms with van der Waals surface area (Å²) in [5.74, 6) is -1.72. The molecule has 0 aliphatic carbocycles. The lowest BCUT2D eigenvalue weighted by molar-refractivity contribution is 0.0600. The highest BCUT2D eigenvalue weighted by atomic mass is 32.2. The monoisotopic (exact) mass is 314 g/mol. The summed E-state index contributed by atoms with van der Waals surface area (Å²) in [7, 11) is -2.97. The largest absolute Gasteiger partial charge is 0.465 e. The van der Waals surface area contributed by atoms with Gasteiger partial charge in [0.05, 0.1) is 18.7 Å². The molecule has 0 aliphatic heterocycles. The molecule has 0 bridgehead atoms. The third kappa shape index (κ3) is 3.77. The Morgan fingerprint density at radius 1 is 1.48 bits per heavy atom. The van der Waals surface area contributed by atoms with E-state index in [2.05, 4.69) is 4.74 Å². The molecule has 1 aromatic rings. The summed E-state index contributed by atoms with van der Waals surface area (Å²) in [6, 6.07) is 4.82. The van der Waals surface area contributed by atoms with Crippen LogP contribution in [0.2, 0.25) is 0 Å². The molecule has 8 heteroatoms. The number of methoxy groups -OCH3 is 1. The number of halogens is 1. The van der Waals surface area contributed by atoms with Gasteiger partial charge in [0.25, 0.3) is 0 Å². The van der Waals surface area contributed by atoms with E-state index in [9.17, 15) is 17.6 Å². The normalized spacial score (nSPS) is 11.2. The van der Waals surface area contributed by atoms with Crippen molar-refractivity contribution in [3.8, 4) is 6.07 Å². The van der Waals surface area contributed by atoms with Gasteiger partial charge in [-0.05, 0) is 18.2 Å². The predicted molar refractivity (Wildman–Crippen MR) is 72.4 cm³/mol. The van der Waals surface area contributed by atoms with Crippen molar-refractivity contribution in [3.05, 3.63) is 29.6 Å². The minimum atomic E-state index is -4.12. The van der Waals surface area contributed by atoms with Crippen LogP contribution in [0.3, 0.4) is 0 Å². The standard InChI is InChI=1S/C13H15FN2O4S/c1-3-16(8-4-7-15)21(18,19)12-9-10(13(17)20-2)5-6-11(12)14/h5-6,9H,3-4,8H2,1-2H3. The van der Waals surface area contributed by atoms with Gasteiger partial charge in [-0.2, -0.15) is 9.57 Å². The Balaban J connectivity index is 3.29. The average Bonchev–Trinajstić information content (AvgIpc) is 2.47. The van der Waals surface area contributed by atoms with Gasteiger partial charge in [0, 0.05) is 19.5 Å². The van der Waals surface area contributed by atoms with Gasteiger partial charge in [-0.25, -0.2) is 17.6 Å². The van der Waals surface area contributed by atoms with E-state index in [1.807, 2.05) is 6.07 Å². The average molecular weight is 314 g/mol. The van der Waals surface area contributed by atoms with Gasteiger partial charge in [0.1, 0.15) is 10.7 Å². The van der Waals surface area contributed by atoms with Gasteiger partial charge in [-0.1, -0.05) is 6.92 Å². The molecule has 0 radical (unpaired) electrons. The van der Waals surface area contributed by atoms with Crippen LogP contribution in [0.25, 0.3) is 0 Å². The predicted octanol–water partition coefficient (Wildman–Crippen LogP) is 1.54. The van der Waals surface area contributed by atoms with Gasteiger partial charge >= 0.3 is 5.97 Å². The minimum absolute atomic E-state index is 0.00855. The highest BCUT2D eigenvalue weighted by Gasteiger charge is 2.27. The summed E-state index contributed by atoms with van der Waals surface area (Å²) >= 11 is 0. The molecule has 0 N–H and O–H groups in total. The molecular formula is C13H15FN2O4S. The number of benzene rings is 1. The first-order valence-corrected chi connectivity index (χ1v) is 7.57. The Bertz CT molecular complexity index is 667. The van der Waals surface area contributed by atoms with E-state index in [1.54, 1.807) is 6.92 Å². The zero-order chi connectivity index (χ0) is 16.0. The summed E-state index contributed by atoms with van der Waals surface area (Å²) in [4.78, 5) is 10.8. The number of hydrogen-bond acceptors (Lipinski definition) is 5. The number of carbonyl (C=O) groups is 1. The summed E-state index contributed by atoms with van der Waals surface area (Å²) in [6.07, 6.45) is -0.00855. The fourth-order valence-corrected chi connectivity index (χ4v) is 3.25. The number of nitrogens with zero attached hydrogens (tertiary/aromatic N) is 2. The molecule has 0 saturated heterocycles. The Kier molecular flexibility index (Phi) is 5.81. The highest BCUT2D eigenvalue weighted by Crippen LogP contribution is 2.21. The van der Waals surface area contributed by atoms with E-state index in [4.69, 9.17) is 5.26 Å². The number of hydrogen-bond donors (Lipinski definition) is 0. The molecule has 114 valence electrons. The van der Waals surface area contributed by atoms with Crippen LogP contribution >= 0.6 is 0 Å². The molecule has 21 heavy (non-hydrogen) atoms. The highest BCUT2D eigenvalue weighted by molar-refractivity contribution is 7.89. The third-order valence-corrected chi connectivity index (χ3v) is 4.79. The zero-order valence-electron chi connectivity index (χ0n) is 11.7. The number of nitriles is 1. The smallest absolute Gasteiger partial charge is 0.337 e. The molecule has 0 aromatic heterocycles. The van der Waals surface area contributed by atoms with Crippen LogP contribution < -0.4 is 0 Å². The quantitative estimate of drug-likeness (QED) is 0.743. The maximum absolute atomic E-state index is 13.8. The van der Waals surface area contributed by atoms with Crippen molar-refractivity contribution in [3.63, 3.8) is 0 Å². The van der Waals surface area contributed by atoms with Gasteiger partial charge < -0.3 is 4.74 Å². The second-order valence-corrected chi connectivity index (χ2v) is 5.95. The maximum atomic E-state index is 13.8. The van der Waals surface area contributed by atoms with E-state index < -0.39 is 26.7 Å². The number of ether oxygens (including phenoxy) is 1. The summed E-state index contributed by atoms with van der Waals surface area (Å²) in [6.45, 7) is 1.63. The van der Waals surface area contributed by atoms with Crippen LogP contribution in [0.15, 0.2) is 23.1 Å². The Labute approximate surface area is 122 Å². The molecule has 1 rings (SSSR count). The third-order valence-electron chi connectivity index (χ3n) is 2.80. The molecule has 1 aromatic carbocycles. The lowest BCUT2D eigenvalue weighted by Gasteiger charge is -2.19.